The van der Waals surface area contributed by atoms with E-state index >= 15 is 0 Å². The maximum absolute atomic E-state index is 12.5. The third-order valence-corrected chi connectivity index (χ3v) is 4.76. The van der Waals surface area contributed by atoms with Gasteiger partial charge in [0.15, 0.2) is 0 Å². The molecule has 2 aromatic rings. The van der Waals surface area contributed by atoms with Gasteiger partial charge < -0.3 is 10.6 Å². The topological polar surface area (TPSA) is 97.4 Å². The van der Waals surface area contributed by atoms with E-state index in [0.29, 0.717) is 5.69 Å². The zero-order valence-electron chi connectivity index (χ0n) is 13.6. The fraction of sp³-hybridized carbons (Fsp3) is 0.278. The van der Waals surface area contributed by atoms with Crippen molar-refractivity contribution in [2.45, 2.75) is 19.3 Å². The Kier molecular flexibility index (Phi) is 3.56. The summed E-state index contributed by atoms with van der Waals surface area (Å²) < 4.78 is 1.28. The Morgan fingerprint density at radius 1 is 0.920 bits per heavy atom. The van der Waals surface area contributed by atoms with Gasteiger partial charge in [0.25, 0.3) is 17.4 Å². The molecule has 3 N–H and O–H groups in total. The third-order valence-electron chi connectivity index (χ3n) is 4.76. The molecule has 0 atom stereocenters. The number of aromatic nitrogens is 1. The molecule has 0 unspecified atom stereocenters. The molecule has 0 aliphatic carbocycles. The second-order valence-electron chi connectivity index (χ2n) is 6.34. The fourth-order valence-electron chi connectivity index (χ4n) is 3.53. The first-order valence-electron chi connectivity index (χ1n) is 8.33. The van der Waals surface area contributed by atoms with Crippen LogP contribution in [-0.2, 0) is 0 Å². The number of fused-ring (bicyclic) bond motifs is 1. The van der Waals surface area contributed by atoms with Gasteiger partial charge in [-0.15, -0.1) is 0 Å². The van der Waals surface area contributed by atoms with Crippen LogP contribution < -0.4 is 21.5 Å². The van der Waals surface area contributed by atoms with Crippen LogP contribution in [0.2, 0.25) is 0 Å². The fourth-order valence-corrected chi connectivity index (χ4v) is 3.53. The lowest BCUT2D eigenvalue weighted by molar-refractivity contribution is 0.0880. The largest absolute Gasteiger partial charge is 0.384 e. The van der Waals surface area contributed by atoms with E-state index in [1.807, 2.05) is 18.2 Å². The number of rotatable bonds is 2. The number of carbonyl (C=O) groups is 2. The molecule has 1 aromatic carbocycles. The molecule has 25 heavy (non-hydrogen) atoms. The number of nitrogen functional groups attached to an aromatic ring is 1. The predicted octanol–water partition coefficient (Wildman–Crippen LogP) is 1.29. The number of imide groups is 1. The molecule has 2 amide bonds. The Labute approximate surface area is 144 Å². The van der Waals surface area contributed by atoms with E-state index in [0.717, 1.165) is 31.6 Å². The van der Waals surface area contributed by atoms with Gasteiger partial charge in [-0.2, -0.15) is 0 Å². The number of nitrogens with one attached hydrogen (secondary N) is 1. The van der Waals surface area contributed by atoms with Crippen LogP contribution in [0, 0.1) is 0 Å². The minimum atomic E-state index is -0.585. The van der Waals surface area contributed by atoms with Crippen LogP contribution in [-0.4, -0.2) is 29.5 Å². The molecule has 7 nitrogen and oxygen atoms in total. The van der Waals surface area contributed by atoms with Crippen molar-refractivity contribution in [2.75, 3.05) is 23.7 Å². The Balaban J connectivity index is 1.83. The normalized spacial score (nSPS) is 16.7. The molecule has 1 aromatic heterocycles. The number of nitrogens with zero attached hydrogens (tertiary/aromatic N) is 2. The lowest BCUT2D eigenvalue weighted by atomic mass is 10.1. The van der Waals surface area contributed by atoms with E-state index in [2.05, 4.69) is 10.2 Å². The number of benzene rings is 1. The molecular formula is C18H18N4O3. The van der Waals surface area contributed by atoms with Gasteiger partial charge in [0.2, 0.25) is 0 Å². The van der Waals surface area contributed by atoms with E-state index in [1.54, 1.807) is 6.07 Å². The van der Waals surface area contributed by atoms with Crippen LogP contribution in [0.3, 0.4) is 0 Å². The Bertz CT molecular complexity index is 942. The summed E-state index contributed by atoms with van der Waals surface area (Å²) in [6.45, 7) is 1.96. The molecule has 4 rings (SSSR count). The first-order chi connectivity index (χ1) is 12.1. The zero-order valence-corrected chi connectivity index (χ0v) is 13.6. The molecule has 0 spiro atoms. The molecule has 0 bridgehead atoms. The third kappa shape index (κ3) is 2.48. The van der Waals surface area contributed by atoms with Crippen LogP contribution in [0.1, 0.15) is 40.0 Å². The van der Waals surface area contributed by atoms with Gasteiger partial charge in [0, 0.05) is 24.8 Å². The van der Waals surface area contributed by atoms with Crippen LogP contribution in [0.4, 0.5) is 11.5 Å². The number of hydrogen-bond acceptors (Lipinski definition) is 5. The SMILES string of the molecule is Nc1c2c(cc(=O)n1-c1cccc(N3CCCCC3)c1)C(=O)NC2=O. The van der Waals surface area contributed by atoms with Crippen LogP contribution >= 0.6 is 0 Å². The summed E-state index contributed by atoms with van der Waals surface area (Å²) in [5.74, 6) is -1.17. The highest BCUT2D eigenvalue weighted by molar-refractivity contribution is 6.23. The molecule has 1 saturated heterocycles. The second kappa shape index (κ2) is 5.77. The van der Waals surface area contributed by atoms with E-state index in [4.69, 9.17) is 5.73 Å². The molecule has 1 fully saturated rings. The lowest BCUT2D eigenvalue weighted by Crippen LogP contribution is -2.29. The van der Waals surface area contributed by atoms with Gasteiger partial charge in [-0.05, 0) is 37.5 Å². The highest BCUT2D eigenvalue weighted by atomic mass is 16.2. The number of nitrogens with two attached hydrogens (primary N) is 1. The molecule has 3 heterocycles. The summed E-state index contributed by atoms with van der Waals surface area (Å²) in [5.41, 5.74) is 7.35. The minimum absolute atomic E-state index is 0.0124. The number of anilines is 2. The van der Waals surface area contributed by atoms with E-state index in [9.17, 15) is 14.4 Å². The first kappa shape index (κ1) is 15.4. The van der Waals surface area contributed by atoms with Crippen LogP contribution in [0.5, 0.6) is 0 Å². The maximum atomic E-state index is 12.5. The van der Waals surface area contributed by atoms with Crippen molar-refractivity contribution in [2.24, 2.45) is 0 Å². The van der Waals surface area contributed by atoms with Crippen molar-refractivity contribution < 1.29 is 9.59 Å². The van der Waals surface area contributed by atoms with Crippen LogP contribution in [0.15, 0.2) is 35.1 Å². The van der Waals surface area contributed by atoms with Crippen molar-refractivity contribution in [1.82, 2.24) is 9.88 Å². The van der Waals surface area contributed by atoms with Crippen molar-refractivity contribution in [3.8, 4) is 5.69 Å². The standard InChI is InChI=1S/C18H18N4O3/c19-16-15-13(17(24)20-18(15)25)10-14(23)22(16)12-6-4-5-11(9-12)21-7-2-1-3-8-21/h4-6,9-10H,1-3,7-8,19H2,(H,20,24,25). The van der Waals surface area contributed by atoms with Gasteiger partial charge in [0.05, 0.1) is 16.8 Å². The summed E-state index contributed by atoms with van der Waals surface area (Å²) in [4.78, 5) is 38.5. The van der Waals surface area contributed by atoms with Crippen molar-refractivity contribution in [3.63, 3.8) is 0 Å². The van der Waals surface area contributed by atoms with Gasteiger partial charge in [0.1, 0.15) is 5.82 Å². The Morgan fingerprint density at radius 2 is 1.64 bits per heavy atom. The average molecular weight is 338 g/mol. The number of piperidine rings is 1. The smallest absolute Gasteiger partial charge is 0.262 e. The highest BCUT2D eigenvalue weighted by Gasteiger charge is 2.31. The first-order valence-corrected chi connectivity index (χ1v) is 8.33. The molecule has 7 heteroatoms. The summed E-state index contributed by atoms with van der Waals surface area (Å²) in [6, 6.07) is 8.69. The van der Waals surface area contributed by atoms with E-state index in [1.165, 1.54) is 17.1 Å². The summed E-state index contributed by atoms with van der Waals surface area (Å²) in [7, 11) is 0. The monoisotopic (exact) mass is 338 g/mol. The van der Waals surface area contributed by atoms with Gasteiger partial charge in [-0.25, -0.2) is 0 Å². The van der Waals surface area contributed by atoms with Crippen molar-refractivity contribution in [1.29, 1.82) is 0 Å². The molecule has 2 aliphatic rings. The van der Waals surface area contributed by atoms with E-state index < -0.39 is 17.4 Å². The van der Waals surface area contributed by atoms with Gasteiger partial charge in [-0.1, -0.05) is 6.07 Å². The molecule has 2 aliphatic heterocycles. The number of pyridine rings is 1. The zero-order chi connectivity index (χ0) is 17.6. The molecule has 0 radical (unpaired) electrons. The number of hydrogen-bond donors (Lipinski definition) is 2. The van der Waals surface area contributed by atoms with Crippen molar-refractivity contribution in [3.05, 3.63) is 51.8 Å². The summed E-state index contributed by atoms with van der Waals surface area (Å²) in [6.07, 6.45) is 3.53. The summed E-state index contributed by atoms with van der Waals surface area (Å²) in [5, 5.41) is 2.17. The second-order valence-corrected chi connectivity index (χ2v) is 6.34. The predicted molar refractivity (Wildman–Crippen MR) is 94.3 cm³/mol. The van der Waals surface area contributed by atoms with Crippen molar-refractivity contribution >= 4 is 23.3 Å². The number of carbonyl (C=O) groups excluding carboxylic acids is 2. The molecule has 128 valence electrons. The highest BCUT2D eigenvalue weighted by Crippen LogP contribution is 2.26. The van der Waals surface area contributed by atoms with Gasteiger partial charge >= 0.3 is 0 Å². The van der Waals surface area contributed by atoms with E-state index in [-0.39, 0.29) is 16.9 Å². The molecular weight excluding hydrogens is 320 g/mol. The number of amides is 2. The quantitative estimate of drug-likeness (QED) is 0.804. The Hall–Kier alpha value is -3.09. The average Bonchev–Trinajstić information content (AvgIpc) is 2.90. The molecule has 0 saturated carbocycles. The van der Waals surface area contributed by atoms with Gasteiger partial charge in [-0.3, -0.25) is 24.3 Å². The Morgan fingerprint density at radius 3 is 2.40 bits per heavy atom. The lowest BCUT2D eigenvalue weighted by Gasteiger charge is -2.29. The minimum Gasteiger partial charge on any atom is -0.384 e. The summed E-state index contributed by atoms with van der Waals surface area (Å²) >= 11 is 0. The van der Waals surface area contributed by atoms with Crippen LogP contribution in [0.25, 0.3) is 5.69 Å². The maximum Gasteiger partial charge on any atom is 0.262 e.